The van der Waals surface area contributed by atoms with Crippen LogP contribution < -0.4 is 5.73 Å². The summed E-state index contributed by atoms with van der Waals surface area (Å²) in [4.78, 5) is 16.6. The van der Waals surface area contributed by atoms with Crippen molar-refractivity contribution in [1.82, 2.24) is 9.80 Å². The molecule has 0 saturated carbocycles. The summed E-state index contributed by atoms with van der Waals surface area (Å²) in [5.41, 5.74) is 6.54. The van der Waals surface area contributed by atoms with Crippen LogP contribution in [0.15, 0.2) is 24.3 Å². The summed E-state index contributed by atoms with van der Waals surface area (Å²) in [7, 11) is 0. The van der Waals surface area contributed by atoms with E-state index >= 15 is 0 Å². The molecule has 5 heteroatoms. The highest BCUT2D eigenvalue weighted by Crippen LogP contribution is 2.11. The van der Waals surface area contributed by atoms with E-state index in [2.05, 4.69) is 4.90 Å². The zero-order chi connectivity index (χ0) is 14.4. The highest BCUT2D eigenvalue weighted by atomic mass is 35.5. The number of halogens is 1. The van der Waals surface area contributed by atoms with Gasteiger partial charge in [-0.2, -0.15) is 0 Å². The van der Waals surface area contributed by atoms with Gasteiger partial charge in [-0.3, -0.25) is 9.69 Å². The van der Waals surface area contributed by atoms with Crippen LogP contribution in [-0.2, 0) is 11.2 Å². The number of hydrogen-bond acceptors (Lipinski definition) is 3. The molecule has 20 heavy (non-hydrogen) atoms. The Morgan fingerprint density at radius 1 is 1.15 bits per heavy atom. The number of carbonyl (C=O) groups excluding carboxylic acids is 1. The number of rotatable bonds is 5. The summed E-state index contributed by atoms with van der Waals surface area (Å²) in [5.74, 6) is 0.200. The molecule has 1 fully saturated rings. The second-order valence-corrected chi connectivity index (χ2v) is 5.60. The van der Waals surface area contributed by atoms with Crippen LogP contribution in [0.25, 0.3) is 0 Å². The van der Waals surface area contributed by atoms with Crippen LogP contribution >= 0.6 is 11.6 Å². The highest BCUT2D eigenvalue weighted by molar-refractivity contribution is 6.30. The van der Waals surface area contributed by atoms with Crippen molar-refractivity contribution in [3.05, 3.63) is 34.9 Å². The monoisotopic (exact) mass is 295 g/mol. The number of benzene rings is 1. The largest absolute Gasteiger partial charge is 0.340 e. The van der Waals surface area contributed by atoms with Gasteiger partial charge in [-0.25, -0.2) is 0 Å². The predicted octanol–water partition coefficient (Wildman–Crippen LogP) is 1.38. The SMILES string of the molecule is NCCCN1CCN(C(=O)Cc2ccc(Cl)cc2)CC1. The number of amides is 1. The van der Waals surface area contributed by atoms with Gasteiger partial charge in [0.15, 0.2) is 0 Å². The van der Waals surface area contributed by atoms with Crippen LogP contribution in [0.4, 0.5) is 0 Å². The van der Waals surface area contributed by atoms with Crippen LogP contribution in [0, 0.1) is 0 Å². The van der Waals surface area contributed by atoms with Crippen LogP contribution in [0.5, 0.6) is 0 Å². The minimum Gasteiger partial charge on any atom is -0.340 e. The normalized spacial score (nSPS) is 16.4. The number of hydrogen-bond donors (Lipinski definition) is 1. The Balaban J connectivity index is 1.78. The Hall–Kier alpha value is -1.10. The van der Waals surface area contributed by atoms with Crippen molar-refractivity contribution in [2.24, 2.45) is 5.73 Å². The third kappa shape index (κ3) is 4.47. The van der Waals surface area contributed by atoms with Gasteiger partial charge in [0.05, 0.1) is 6.42 Å². The lowest BCUT2D eigenvalue weighted by molar-refractivity contribution is -0.132. The maximum absolute atomic E-state index is 12.2. The van der Waals surface area contributed by atoms with Gasteiger partial charge in [0.2, 0.25) is 5.91 Å². The fraction of sp³-hybridized carbons (Fsp3) is 0.533. The van der Waals surface area contributed by atoms with E-state index in [0.29, 0.717) is 11.4 Å². The van der Waals surface area contributed by atoms with Crippen molar-refractivity contribution in [2.45, 2.75) is 12.8 Å². The van der Waals surface area contributed by atoms with E-state index in [1.165, 1.54) is 0 Å². The summed E-state index contributed by atoms with van der Waals surface area (Å²) in [6.45, 7) is 5.30. The Morgan fingerprint density at radius 2 is 1.80 bits per heavy atom. The standard InChI is InChI=1S/C15H22ClN3O/c16-14-4-2-13(3-5-14)12-15(20)19-10-8-18(9-11-19)7-1-6-17/h2-5H,1,6-12,17H2. The highest BCUT2D eigenvalue weighted by Gasteiger charge is 2.20. The third-order valence-electron chi connectivity index (χ3n) is 3.67. The molecule has 110 valence electrons. The third-order valence-corrected chi connectivity index (χ3v) is 3.92. The molecule has 0 bridgehead atoms. The molecule has 2 rings (SSSR count). The van der Waals surface area contributed by atoms with E-state index in [9.17, 15) is 4.79 Å². The van der Waals surface area contributed by atoms with Crippen LogP contribution in [-0.4, -0.2) is 55.0 Å². The van der Waals surface area contributed by atoms with Crippen LogP contribution in [0.1, 0.15) is 12.0 Å². The molecule has 0 atom stereocenters. The van der Waals surface area contributed by atoms with Crippen LogP contribution in [0.2, 0.25) is 5.02 Å². The second-order valence-electron chi connectivity index (χ2n) is 5.17. The summed E-state index contributed by atoms with van der Waals surface area (Å²) < 4.78 is 0. The Labute approximate surface area is 125 Å². The molecule has 0 radical (unpaired) electrons. The van der Waals surface area contributed by atoms with Gasteiger partial charge in [-0.15, -0.1) is 0 Å². The molecule has 0 unspecified atom stereocenters. The molecule has 0 aliphatic carbocycles. The smallest absolute Gasteiger partial charge is 0.227 e. The molecule has 1 aromatic rings. The molecule has 1 aliphatic rings. The van der Waals surface area contributed by atoms with Crippen molar-refractivity contribution in [2.75, 3.05) is 39.3 Å². The van der Waals surface area contributed by atoms with Gasteiger partial charge in [-0.1, -0.05) is 23.7 Å². The molecule has 1 saturated heterocycles. The zero-order valence-corrected chi connectivity index (χ0v) is 12.5. The number of carbonyl (C=O) groups is 1. The van der Waals surface area contributed by atoms with Gasteiger partial charge >= 0.3 is 0 Å². The van der Waals surface area contributed by atoms with Gasteiger partial charge in [-0.05, 0) is 37.2 Å². The quantitative estimate of drug-likeness (QED) is 0.893. The van der Waals surface area contributed by atoms with E-state index < -0.39 is 0 Å². The number of nitrogens with two attached hydrogens (primary N) is 1. The van der Waals surface area contributed by atoms with Crippen molar-refractivity contribution >= 4 is 17.5 Å². The average molecular weight is 296 g/mol. The Morgan fingerprint density at radius 3 is 2.40 bits per heavy atom. The van der Waals surface area contributed by atoms with Gasteiger partial charge in [0.1, 0.15) is 0 Å². The van der Waals surface area contributed by atoms with Gasteiger partial charge in [0, 0.05) is 31.2 Å². The fourth-order valence-electron chi connectivity index (χ4n) is 2.42. The molecule has 2 N–H and O–H groups in total. The van der Waals surface area contributed by atoms with Crippen molar-refractivity contribution in [3.63, 3.8) is 0 Å². The minimum atomic E-state index is 0.200. The lowest BCUT2D eigenvalue weighted by atomic mass is 10.1. The van der Waals surface area contributed by atoms with Crippen molar-refractivity contribution in [1.29, 1.82) is 0 Å². The first-order valence-corrected chi connectivity index (χ1v) is 7.51. The van der Waals surface area contributed by atoms with E-state index in [-0.39, 0.29) is 5.91 Å². The van der Waals surface area contributed by atoms with Crippen LogP contribution in [0.3, 0.4) is 0 Å². The maximum Gasteiger partial charge on any atom is 0.227 e. The second kappa shape index (κ2) is 7.62. The molecule has 0 aromatic heterocycles. The van der Waals surface area contributed by atoms with E-state index in [0.717, 1.165) is 51.3 Å². The average Bonchev–Trinajstić information content (AvgIpc) is 2.48. The predicted molar refractivity (Wildman–Crippen MR) is 81.8 cm³/mol. The lowest BCUT2D eigenvalue weighted by Crippen LogP contribution is -2.49. The lowest BCUT2D eigenvalue weighted by Gasteiger charge is -2.34. The Kier molecular flexibility index (Phi) is 5.83. The molecular weight excluding hydrogens is 274 g/mol. The molecule has 0 spiro atoms. The molecular formula is C15H22ClN3O. The maximum atomic E-state index is 12.2. The first-order chi connectivity index (χ1) is 9.69. The topological polar surface area (TPSA) is 49.6 Å². The zero-order valence-electron chi connectivity index (χ0n) is 11.7. The van der Waals surface area contributed by atoms with Gasteiger partial charge < -0.3 is 10.6 Å². The first-order valence-electron chi connectivity index (χ1n) is 7.13. The molecule has 1 amide bonds. The van der Waals surface area contributed by atoms with E-state index in [1.807, 2.05) is 29.2 Å². The van der Waals surface area contributed by atoms with Crippen molar-refractivity contribution < 1.29 is 4.79 Å². The minimum absolute atomic E-state index is 0.200. The Bertz CT molecular complexity index is 427. The fourth-order valence-corrected chi connectivity index (χ4v) is 2.55. The first kappa shape index (κ1) is 15.3. The molecule has 1 heterocycles. The van der Waals surface area contributed by atoms with E-state index in [1.54, 1.807) is 0 Å². The molecule has 1 aromatic carbocycles. The molecule has 4 nitrogen and oxygen atoms in total. The molecule has 1 aliphatic heterocycles. The van der Waals surface area contributed by atoms with Gasteiger partial charge in [0.25, 0.3) is 0 Å². The van der Waals surface area contributed by atoms with E-state index in [4.69, 9.17) is 17.3 Å². The number of piperazine rings is 1. The number of nitrogens with zero attached hydrogens (tertiary/aromatic N) is 2. The summed E-state index contributed by atoms with van der Waals surface area (Å²) in [6, 6.07) is 7.49. The summed E-state index contributed by atoms with van der Waals surface area (Å²) >= 11 is 5.84. The van der Waals surface area contributed by atoms with Crippen molar-refractivity contribution in [3.8, 4) is 0 Å². The summed E-state index contributed by atoms with van der Waals surface area (Å²) in [5, 5.41) is 0.703. The summed E-state index contributed by atoms with van der Waals surface area (Å²) in [6.07, 6.45) is 1.48.